The van der Waals surface area contributed by atoms with E-state index in [2.05, 4.69) is 51.9 Å². The van der Waals surface area contributed by atoms with E-state index < -0.39 is 0 Å². The SMILES string of the molecule is CC(C)N1CCCC1c1nc(-c2ccn(C)n2)nn1-c1ccc(Br)cc1. The second-order valence-electron chi connectivity index (χ2n) is 7.05. The fourth-order valence-corrected chi connectivity index (χ4v) is 3.90. The zero-order chi connectivity index (χ0) is 18.3. The van der Waals surface area contributed by atoms with Gasteiger partial charge in [-0.2, -0.15) is 5.10 Å². The summed E-state index contributed by atoms with van der Waals surface area (Å²) in [5, 5.41) is 9.30. The van der Waals surface area contributed by atoms with Crippen LogP contribution in [-0.2, 0) is 7.05 Å². The molecule has 3 aromatic rings. The van der Waals surface area contributed by atoms with Crippen LogP contribution in [0.3, 0.4) is 0 Å². The molecular formula is C19H23BrN6. The quantitative estimate of drug-likeness (QED) is 0.647. The largest absolute Gasteiger partial charge is 0.291 e. The van der Waals surface area contributed by atoms with Crippen molar-refractivity contribution in [2.75, 3.05) is 6.54 Å². The minimum absolute atomic E-state index is 0.281. The van der Waals surface area contributed by atoms with Gasteiger partial charge in [-0.3, -0.25) is 9.58 Å². The Morgan fingerprint density at radius 1 is 1.12 bits per heavy atom. The Balaban J connectivity index is 1.82. The van der Waals surface area contributed by atoms with E-state index in [1.807, 2.05) is 36.1 Å². The molecular weight excluding hydrogens is 392 g/mol. The summed E-state index contributed by atoms with van der Waals surface area (Å²) >= 11 is 3.51. The zero-order valence-corrected chi connectivity index (χ0v) is 16.9. The first kappa shape index (κ1) is 17.4. The summed E-state index contributed by atoms with van der Waals surface area (Å²) in [5.74, 6) is 1.68. The van der Waals surface area contributed by atoms with E-state index in [0.717, 1.165) is 34.6 Å². The van der Waals surface area contributed by atoms with E-state index in [1.165, 1.54) is 6.42 Å². The Morgan fingerprint density at radius 3 is 2.54 bits per heavy atom. The minimum atomic E-state index is 0.281. The topological polar surface area (TPSA) is 51.8 Å². The molecule has 3 heterocycles. The molecule has 6 nitrogen and oxygen atoms in total. The first-order valence-corrected chi connectivity index (χ1v) is 9.81. The third kappa shape index (κ3) is 3.21. The maximum absolute atomic E-state index is 4.93. The lowest BCUT2D eigenvalue weighted by Gasteiger charge is -2.27. The Hall–Kier alpha value is -1.99. The van der Waals surface area contributed by atoms with Gasteiger partial charge in [-0.05, 0) is 63.6 Å². The lowest BCUT2D eigenvalue weighted by Crippen LogP contribution is -2.31. The van der Waals surface area contributed by atoms with Crippen LogP contribution in [-0.4, -0.2) is 42.0 Å². The lowest BCUT2D eigenvalue weighted by atomic mass is 10.2. The molecule has 26 heavy (non-hydrogen) atoms. The monoisotopic (exact) mass is 414 g/mol. The van der Waals surface area contributed by atoms with Crippen LogP contribution in [0.1, 0.15) is 38.6 Å². The normalized spacial score (nSPS) is 18.1. The number of halogens is 1. The maximum atomic E-state index is 4.93. The van der Waals surface area contributed by atoms with E-state index >= 15 is 0 Å². The fraction of sp³-hybridized carbons (Fsp3) is 0.421. The summed E-state index contributed by atoms with van der Waals surface area (Å²) < 4.78 is 4.82. The summed E-state index contributed by atoms with van der Waals surface area (Å²) in [6.07, 6.45) is 4.22. The standard InChI is InChI=1S/C19H23BrN6/c1-13(2)25-11-4-5-17(25)19-21-18(16-10-12-24(3)22-16)23-26(19)15-8-6-14(20)7-9-15/h6-10,12-13,17H,4-5,11H2,1-3H3. The molecule has 1 aliphatic heterocycles. The van der Waals surface area contributed by atoms with Crippen LogP contribution < -0.4 is 0 Å². The van der Waals surface area contributed by atoms with Crippen molar-refractivity contribution in [1.82, 2.24) is 29.4 Å². The molecule has 1 atom stereocenters. The van der Waals surface area contributed by atoms with E-state index in [-0.39, 0.29) is 6.04 Å². The van der Waals surface area contributed by atoms with Crippen LogP contribution in [0.4, 0.5) is 0 Å². The number of benzene rings is 1. The highest BCUT2D eigenvalue weighted by Gasteiger charge is 2.33. The summed E-state index contributed by atoms with van der Waals surface area (Å²) in [7, 11) is 1.91. The van der Waals surface area contributed by atoms with E-state index in [1.54, 1.807) is 4.68 Å². The highest BCUT2D eigenvalue weighted by molar-refractivity contribution is 9.10. The van der Waals surface area contributed by atoms with Crippen LogP contribution in [0.2, 0.25) is 0 Å². The fourth-order valence-electron chi connectivity index (χ4n) is 3.64. The predicted molar refractivity (Wildman–Crippen MR) is 105 cm³/mol. The average Bonchev–Trinajstić information content (AvgIpc) is 3.33. The molecule has 1 saturated heterocycles. The van der Waals surface area contributed by atoms with Gasteiger partial charge in [0.05, 0.1) is 11.7 Å². The molecule has 2 aromatic heterocycles. The van der Waals surface area contributed by atoms with Gasteiger partial charge < -0.3 is 0 Å². The van der Waals surface area contributed by atoms with Gasteiger partial charge in [0.25, 0.3) is 0 Å². The Bertz CT molecular complexity index is 895. The van der Waals surface area contributed by atoms with Crippen LogP contribution in [0.25, 0.3) is 17.2 Å². The van der Waals surface area contributed by atoms with Crippen molar-refractivity contribution in [1.29, 1.82) is 0 Å². The Morgan fingerprint density at radius 2 is 1.88 bits per heavy atom. The van der Waals surface area contributed by atoms with Crippen molar-refractivity contribution in [3.05, 3.63) is 46.8 Å². The van der Waals surface area contributed by atoms with Gasteiger partial charge in [0.2, 0.25) is 5.82 Å². The highest BCUT2D eigenvalue weighted by Crippen LogP contribution is 2.34. The van der Waals surface area contributed by atoms with Crippen molar-refractivity contribution in [2.45, 2.75) is 38.8 Å². The van der Waals surface area contributed by atoms with Crippen LogP contribution in [0, 0.1) is 0 Å². The van der Waals surface area contributed by atoms with E-state index in [0.29, 0.717) is 11.9 Å². The molecule has 0 amide bonds. The molecule has 1 fully saturated rings. The molecule has 0 aliphatic carbocycles. The molecule has 7 heteroatoms. The van der Waals surface area contributed by atoms with Crippen LogP contribution in [0.15, 0.2) is 41.0 Å². The van der Waals surface area contributed by atoms with Gasteiger partial charge in [0, 0.05) is 23.8 Å². The molecule has 0 saturated carbocycles. The number of hydrogen-bond acceptors (Lipinski definition) is 4. The van der Waals surface area contributed by atoms with Crippen molar-refractivity contribution < 1.29 is 0 Å². The second-order valence-corrected chi connectivity index (χ2v) is 7.96. The molecule has 0 N–H and O–H groups in total. The number of rotatable bonds is 4. The van der Waals surface area contributed by atoms with Crippen molar-refractivity contribution in [3.8, 4) is 17.2 Å². The number of nitrogens with zero attached hydrogens (tertiary/aromatic N) is 6. The molecule has 1 aliphatic rings. The Labute approximate surface area is 162 Å². The average molecular weight is 415 g/mol. The Kier molecular flexibility index (Phi) is 4.67. The van der Waals surface area contributed by atoms with E-state index in [4.69, 9.17) is 10.1 Å². The molecule has 1 aromatic carbocycles. The summed E-state index contributed by atoms with van der Waals surface area (Å²) in [5.41, 5.74) is 1.83. The number of hydrogen-bond donors (Lipinski definition) is 0. The summed E-state index contributed by atoms with van der Waals surface area (Å²) in [4.78, 5) is 7.45. The first-order chi connectivity index (χ1) is 12.5. The van der Waals surface area contributed by atoms with Crippen LogP contribution >= 0.6 is 15.9 Å². The molecule has 1 unspecified atom stereocenters. The summed E-state index contributed by atoms with van der Waals surface area (Å²) in [6, 6.07) is 10.9. The minimum Gasteiger partial charge on any atom is -0.291 e. The van der Waals surface area contributed by atoms with Gasteiger partial charge in [-0.15, -0.1) is 5.10 Å². The van der Waals surface area contributed by atoms with Crippen molar-refractivity contribution >= 4 is 15.9 Å². The number of aryl methyl sites for hydroxylation is 1. The maximum Gasteiger partial charge on any atom is 0.202 e. The van der Waals surface area contributed by atoms with Crippen LogP contribution in [0.5, 0.6) is 0 Å². The third-order valence-corrected chi connectivity index (χ3v) is 5.43. The van der Waals surface area contributed by atoms with Gasteiger partial charge in [0.15, 0.2) is 0 Å². The van der Waals surface area contributed by atoms with Gasteiger partial charge in [-0.1, -0.05) is 15.9 Å². The van der Waals surface area contributed by atoms with Crippen molar-refractivity contribution in [3.63, 3.8) is 0 Å². The molecule has 0 bridgehead atoms. The lowest BCUT2D eigenvalue weighted by molar-refractivity contribution is 0.196. The highest BCUT2D eigenvalue weighted by atomic mass is 79.9. The van der Waals surface area contributed by atoms with Gasteiger partial charge in [0.1, 0.15) is 11.5 Å². The second kappa shape index (κ2) is 6.96. The third-order valence-electron chi connectivity index (χ3n) is 4.90. The van der Waals surface area contributed by atoms with Gasteiger partial charge >= 0.3 is 0 Å². The van der Waals surface area contributed by atoms with Crippen molar-refractivity contribution in [2.24, 2.45) is 7.05 Å². The molecule has 4 rings (SSSR count). The number of likely N-dealkylation sites (tertiary alicyclic amines) is 1. The number of aromatic nitrogens is 5. The smallest absolute Gasteiger partial charge is 0.202 e. The molecule has 0 spiro atoms. The first-order valence-electron chi connectivity index (χ1n) is 9.01. The zero-order valence-electron chi connectivity index (χ0n) is 15.3. The molecule has 136 valence electrons. The van der Waals surface area contributed by atoms with E-state index in [9.17, 15) is 0 Å². The molecule has 0 radical (unpaired) electrons. The predicted octanol–water partition coefficient (Wildman–Crippen LogP) is 3.98. The summed E-state index contributed by atoms with van der Waals surface area (Å²) in [6.45, 7) is 5.60. The van der Waals surface area contributed by atoms with Gasteiger partial charge in [-0.25, -0.2) is 9.67 Å².